The lowest BCUT2D eigenvalue weighted by molar-refractivity contribution is 0.102. The molecule has 0 aliphatic rings. The monoisotopic (exact) mass is 359 g/mol. The Morgan fingerprint density at radius 2 is 1.88 bits per heavy atom. The van der Waals surface area contributed by atoms with Crippen LogP contribution in [-0.4, -0.2) is 30.2 Å². The molecule has 0 aliphatic carbocycles. The third-order valence-electron chi connectivity index (χ3n) is 3.32. The third-order valence-corrected chi connectivity index (χ3v) is 4.94. The Bertz CT molecular complexity index is 966. The van der Waals surface area contributed by atoms with Crippen LogP contribution in [0.2, 0.25) is 0 Å². The summed E-state index contributed by atoms with van der Waals surface area (Å²) >= 11 is 1.27. The van der Waals surface area contributed by atoms with E-state index in [-0.39, 0.29) is 16.4 Å². The second kappa shape index (κ2) is 6.50. The van der Waals surface area contributed by atoms with Crippen LogP contribution in [0.4, 0.5) is 5.69 Å². The van der Waals surface area contributed by atoms with Crippen molar-refractivity contribution in [3.05, 3.63) is 59.5 Å². The van der Waals surface area contributed by atoms with Crippen LogP contribution in [0.1, 0.15) is 10.4 Å². The zero-order valence-electron chi connectivity index (χ0n) is 12.6. The summed E-state index contributed by atoms with van der Waals surface area (Å²) in [5.74, 6) is -0.372. The van der Waals surface area contributed by atoms with Crippen molar-refractivity contribution in [2.24, 2.45) is 0 Å². The molecule has 0 aliphatic heterocycles. The molecule has 0 radical (unpaired) electrons. The number of hydrogen-bond donors (Lipinski definition) is 1. The predicted octanol–water partition coefficient (Wildman–Crippen LogP) is 2.86. The van der Waals surface area contributed by atoms with Gasteiger partial charge in [0, 0.05) is 28.5 Å². The van der Waals surface area contributed by atoms with Gasteiger partial charge in [0.2, 0.25) is 0 Å². The predicted molar refractivity (Wildman–Crippen MR) is 92.9 cm³/mol. The number of amides is 1. The summed E-state index contributed by atoms with van der Waals surface area (Å²) in [5.41, 5.74) is 2.57. The number of hydrogen-bond acceptors (Lipinski definition) is 6. The number of nitrogens with zero attached hydrogens (tertiary/aromatic N) is 2. The Morgan fingerprint density at radius 1 is 1.12 bits per heavy atom. The Labute approximate surface area is 143 Å². The first-order chi connectivity index (χ1) is 11.4. The number of sulfone groups is 1. The summed E-state index contributed by atoms with van der Waals surface area (Å²) in [5, 5.41) is 8.56. The highest BCUT2D eigenvalue weighted by molar-refractivity contribution is 7.90. The van der Waals surface area contributed by atoms with Crippen molar-refractivity contribution in [2.45, 2.75) is 4.90 Å². The molecule has 0 saturated heterocycles. The summed E-state index contributed by atoms with van der Waals surface area (Å²) < 4.78 is 27.0. The number of carbonyl (C=O) groups is 1. The normalized spacial score (nSPS) is 11.2. The lowest BCUT2D eigenvalue weighted by atomic mass is 10.1. The van der Waals surface area contributed by atoms with Crippen molar-refractivity contribution in [1.82, 2.24) is 9.59 Å². The molecular weight excluding hydrogens is 346 g/mol. The van der Waals surface area contributed by atoms with E-state index >= 15 is 0 Å². The van der Waals surface area contributed by atoms with Crippen LogP contribution in [0.5, 0.6) is 0 Å². The lowest BCUT2D eigenvalue weighted by Gasteiger charge is -2.07. The standard InChI is InChI=1S/C16H13N3O3S2/c1-24(21,22)14-4-2-3-12(9-14)16(20)17-13-7-5-11(6-8-13)15-10-23-19-18-15/h2-10H,1H3,(H,17,20). The number of aromatic nitrogens is 2. The summed E-state index contributed by atoms with van der Waals surface area (Å²) in [7, 11) is -3.35. The molecule has 6 nitrogen and oxygen atoms in total. The maximum atomic E-state index is 12.3. The Morgan fingerprint density at radius 3 is 2.50 bits per heavy atom. The van der Waals surface area contributed by atoms with Crippen LogP contribution in [0.25, 0.3) is 11.3 Å². The van der Waals surface area contributed by atoms with E-state index in [1.807, 2.05) is 17.5 Å². The van der Waals surface area contributed by atoms with E-state index < -0.39 is 9.84 Å². The second-order valence-corrected chi connectivity index (χ2v) is 7.75. The fraction of sp³-hybridized carbons (Fsp3) is 0.0625. The summed E-state index contributed by atoms with van der Waals surface area (Å²) in [4.78, 5) is 12.4. The smallest absolute Gasteiger partial charge is 0.255 e. The van der Waals surface area contributed by atoms with E-state index in [1.165, 1.54) is 23.7 Å². The average Bonchev–Trinajstić information content (AvgIpc) is 3.09. The van der Waals surface area contributed by atoms with Crippen LogP contribution in [0.15, 0.2) is 58.8 Å². The number of rotatable bonds is 4. The fourth-order valence-electron chi connectivity index (χ4n) is 2.09. The second-order valence-electron chi connectivity index (χ2n) is 5.12. The molecule has 0 unspecified atom stereocenters. The van der Waals surface area contributed by atoms with Gasteiger partial charge in [0.05, 0.1) is 4.90 Å². The Kier molecular flexibility index (Phi) is 4.41. The van der Waals surface area contributed by atoms with E-state index in [9.17, 15) is 13.2 Å². The van der Waals surface area contributed by atoms with Crippen LogP contribution < -0.4 is 5.32 Å². The van der Waals surface area contributed by atoms with E-state index in [4.69, 9.17) is 0 Å². The minimum atomic E-state index is -3.35. The average molecular weight is 359 g/mol. The number of nitrogens with one attached hydrogen (secondary N) is 1. The maximum Gasteiger partial charge on any atom is 0.255 e. The van der Waals surface area contributed by atoms with Crippen molar-refractivity contribution in [3.63, 3.8) is 0 Å². The summed E-state index contributed by atoms with van der Waals surface area (Å²) in [6.07, 6.45) is 1.11. The lowest BCUT2D eigenvalue weighted by Crippen LogP contribution is -2.12. The summed E-state index contributed by atoms with van der Waals surface area (Å²) in [6, 6.07) is 13.1. The van der Waals surface area contributed by atoms with E-state index in [1.54, 1.807) is 24.3 Å². The first-order valence-corrected chi connectivity index (χ1v) is 9.65. The highest BCUT2D eigenvalue weighted by atomic mass is 32.2. The molecule has 3 rings (SSSR count). The van der Waals surface area contributed by atoms with Crippen molar-refractivity contribution in [3.8, 4) is 11.3 Å². The highest BCUT2D eigenvalue weighted by Crippen LogP contribution is 2.20. The number of carbonyl (C=O) groups excluding carboxylic acids is 1. The molecule has 1 amide bonds. The Hall–Kier alpha value is -2.58. The zero-order chi connectivity index (χ0) is 17.2. The van der Waals surface area contributed by atoms with E-state index in [0.717, 1.165) is 17.5 Å². The van der Waals surface area contributed by atoms with Crippen LogP contribution in [0.3, 0.4) is 0 Å². The molecule has 8 heteroatoms. The van der Waals surface area contributed by atoms with Crippen LogP contribution in [0, 0.1) is 0 Å². The Balaban J connectivity index is 1.78. The van der Waals surface area contributed by atoms with Gasteiger partial charge in [-0.2, -0.15) is 0 Å². The van der Waals surface area contributed by atoms with Gasteiger partial charge in [0.15, 0.2) is 9.84 Å². The molecule has 122 valence electrons. The molecule has 1 heterocycles. The molecule has 24 heavy (non-hydrogen) atoms. The van der Waals surface area contributed by atoms with Crippen molar-refractivity contribution < 1.29 is 13.2 Å². The van der Waals surface area contributed by atoms with Crippen molar-refractivity contribution >= 4 is 33.0 Å². The van der Waals surface area contributed by atoms with Crippen LogP contribution in [-0.2, 0) is 9.84 Å². The molecule has 0 bridgehead atoms. The first-order valence-electron chi connectivity index (χ1n) is 6.92. The fourth-order valence-corrected chi connectivity index (χ4v) is 3.22. The van der Waals surface area contributed by atoms with Gasteiger partial charge in [0.25, 0.3) is 5.91 Å². The maximum absolute atomic E-state index is 12.3. The van der Waals surface area contributed by atoms with Gasteiger partial charge >= 0.3 is 0 Å². The van der Waals surface area contributed by atoms with Gasteiger partial charge in [-0.15, -0.1) is 5.10 Å². The minimum absolute atomic E-state index is 0.113. The highest BCUT2D eigenvalue weighted by Gasteiger charge is 2.12. The van der Waals surface area contributed by atoms with Gasteiger partial charge in [-0.05, 0) is 41.9 Å². The van der Waals surface area contributed by atoms with Gasteiger partial charge in [0.1, 0.15) is 5.69 Å². The minimum Gasteiger partial charge on any atom is -0.322 e. The van der Waals surface area contributed by atoms with Crippen molar-refractivity contribution in [1.29, 1.82) is 0 Å². The van der Waals surface area contributed by atoms with Crippen molar-refractivity contribution in [2.75, 3.05) is 11.6 Å². The first kappa shape index (κ1) is 16.3. The zero-order valence-corrected chi connectivity index (χ0v) is 14.3. The third kappa shape index (κ3) is 3.66. The SMILES string of the molecule is CS(=O)(=O)c1cccc(C(=O)Nc2ccc(-c3csnn3)cc2)c1. The van der Waals surface area contributed by atoms with Gasteiger partial charge in [-0.25, -0.2) is 8.42 Å². The molecule has 1 N–H and O–H groups in total. The topological polar surface area (TPSA) is 89.0 Å². The molecule has 0 fully saturated rings. The van der Waals surface area contributed by atoms with E-state index in [2.05, 4.69) is 14.9 Å². The molecule has 3 aromatic rings. The molecular formula is C16H13N3O3S2. The van der Waals surface area contributed by atoms with E-state index in [0.29, 0.717) is 5.69 Å². The van der Waals surface area contributed by atoms with Crippen LogP contribution >= 0.6 is 11.5 Å². The quantitative estimate of drug-likeness (QED) is 0.774. The molecule has 0 saturated carbocycles. The largest absolute Gasteiger partial charge is 0.322 e. The summed E-state index contributed by atoms with van der Waals surface area (Å²) in [6.45, 7) is 0. The molecule has 2 aromatic carbocycles. The molecule has 0 spiro atoms. The van der Waals surface area contributed by atoms with Gasteiger partial charge < -0.3 is 5.32 Å². The molecule has 1 aromatic heterocycles. The number of anilines is 1. The number of benzene rings is 2. The van der Waals surface area contributed by atoms with Gasteiger partial charge in [-0.1, -0.05) is 22.7 Å². The molecule has 0 atom stereocenters. The van der Waals surface area contributed by atoms with Gasteiger partial charge in [-0.3, -0.25) is 4.79 Å².